The standard InChI is InChI=1S/C11H19N3O2/c1-4-15-10(2,3)8-13-9(16-14-8)11(7-12)5-6-11/h4-7,12H2,1-3H3. The number of nitrogens with two attached hydrogens (primary N) is 1. The third kappa shape index (κ3) is 1.85. The molecule has 0 aliphatic heterocycles. The molecule has 16 heavy (non-hydrogen) atoms. The van der Waals surface area contributed by atoms with Crippen molar-refractivity contribution in [2.45, 2.75) is 44.6 Å². The van der Waals surface area contributed by atoms with Crippen molar-refractivity contribution in [3.05, 3.63) is 11.7 Å². The van der Waals surface area contributed by atoms with Crippen molar-refractivity contribution in [2.24, 2.45) is 5.73 Å². The molecule has 2 rings (SSSR count). The van der Waals surface area contributed by atoms with Gasteiger partial charge in [0.1, 0.15) is 5.60 Å². The van der Waals surface area contributed by atoms with Gasteiger partial charge >= 0.3 is 0 Å². The fourth-order valence-corrected chi connectivity index (χ4v) is 1.77. The molecular weight excluding hydrogens is 206 g/mol. The maximum absolute atomic E-state index is 5.72. The molecule has 0 bridgehead atoms. The summed E-state index contributed by atoms with van der Waals surface area (Å²) in [6.07, 6.45) is 2.08. The molecule has 1 aromatic heterocycles. The summed E-state index contributed by atoms with van der Waals surface area (Å²) in [5.41, 5.74) is 5.17. The van der Waals surface area contributed by atoms with Gasteiger partial charge in [0.2, 0.25) is 11.7 Å². The molecular formula is C11H19N3O2. The summed E-state index contributed by atoms with van der Waals surface area (Å²) in [7, 11) is 0. The Hall–Kier alpha value is -0.940. The molecule has 1 aliphatic rings. The first-order chi connectivity index (χ1) is 7.54. The SMILES string of the molecule is CCOC(C)(C)c1noc(C2(CN)CC2)n1. The zero-order valence-corrected chi connectivity index (χ0v) is 10.1. The molecule has 1 saturated carbocycles. The summed E-state index contributed by atoms with van der Waals surface area (Å²) < 4.78 is 10.9. The molecule has 0 unspecified atom stereocenters. The van der Waals surface area contributed by atoms with Gasteiger partial charge < -0.3 is 15.0 Å². The van der Waals surface area contributed by atoms with Crippen molar-refractivity contribution in [1.82, 2.24) is 10.1 Å². The van der Waals surface area contributed by atoms with E-state index in [2.05, 4.69) is 10.1 Å². The number of ether oxygens (including phenoxy) is 1. The van der Waals surface area contributed by atoms with Gasteiger partial charge in [0.15, 0.2) is 0 Å². The van der Waals surface area contributed by atoms with E-state index in [1.165, 1.54) is 0 Å². The van der Waals surface area contributed by atoms with Crippen LogP contribution in [0.15, 0.2) is 4.52 Å². The van der Waals surface area contributed by atoms with Crippen molar-refractivity contribution >= 4 is 0 Å². The van der Waals surface area contributed by atoms with Gasteiger partial charge in [0, 0.05) is 13.2 Å². The van der Waals surface area contributed by atoms with Crippen molar-refractivity contribution < 1.29 is 9.26 Å². The maximum atomic E-state index is 5.72. The number of aromatic nitrogens is 2. The van der Waals surface area contributed by atoms with Crippen LogP contribution in [0.3, 0.4) is 0 Å². The van der Waals surface area contributed by atoms with Crippen molar-refractivity contribution in [1.29, 1.82) is 0 Å². The van der Waals surface area contributed by atoms with Gasteiger partial charge in [-0.05, 0) is 33.6 Å². The highest BCUT2D eigenvalue weighted by Gasteiger charge is 2.48. The number of nitrogens with zero attached hydrogens (tertiary/aromatic N) is 2. The van der Waals surface area contributed by atoms with Crippen molar-refractivity contribution in [2.75, 3.05) is 13.2 Å². The van der Waals surface area contributed by atoms with Gasteiger partial charge in [0.05, 0.1) is 5.41 Å². The number of rotatable bonds is 5. The van der Waals surface area contributed by atoms with Gasteiger partial charge in [-0.2, -0.15) is 4.98 Å². The molecule has 90 valence electrons. The molecule has 0 amide bonds. The molecule has 1 aromatic rings. The molecule has 0 saturated heterocycles. The molecule has 0 radical (unpaired) electrons. The predicted octanol–water partition coefficient (Wildman–Crippen LogP) is 1.33. The Kier molecular flexibility index (Phi) is 2.75. The van der Waals surface area contributed by atoms with Crippen LogP contribution in [-0.2, 0) is 15.8 Å². The Morgan fingerprint density at radius 3 is 2.69 bits per heavy atom. The summed E-state index contributed by atoms with van der Waals surface area (Å²) in [6.45, 7) is 7.02. The van der Waals surface area contributed by atoms with E-state index in [-0.39, 0.29) is 5.41 Å². The van der Waals surface area contributed by atoms with Crippen LogP contribution in [0.25, 0.3) is 0 Å². The quantitative estimate of drug-likeness (QED) is 0.818. The van der Waals surface area contributed by atoms with Gasteiger partial charge in [-0.15, -0.1) is 0 Å². The van der Waals surface area contributed by atoms with Crippen molar-refractivity contribution in [3.63, 3.8) is 0 Å². The van der Waals surface area contributed by atoms with Crippen LogP contribution >= 0.6 is 0 Å². The van der Waals surface area contributed by atoms with Gasteiger partial charge in [-0.3, -0.25) is 0 Å². The normalized spacial score (nSPS) is 18.8. The van der Waals surface area contributed by atoms with Crippen LogP contribution in [0.4, 0.5) is 0 Å². The largest absolute Gasteiger partial charge is 0.368 e. The van der Waals surface area contributed by atoms with E-state index in [0.29, 0.717) is 24.9 Å². The predicted molar refractivity (Wildman–Crippen MR) is 58.9 cm³/mol. The molecule has 5 heteroatoms. The lowest BCUT2D eigenvalue weighted by atomic mass is 10.1. The molecule has 2 N–H and O–H groups in total. The average Bonchev–Trinajstić information content (AvgIpc) is 2.87. The summed E-state index contributed by atoms with van der Waals surface area (Å²) >= 11 is 0. The zero-order chi connectivity index (χ0) is 11.8. The lowest BCUT2D eigenvalue weighted by molar-refractivity contribution is -0.0221. The Morgan fingerprint density at radius 2 is 2.19 bits per heavy atom. The van der Waals surface area contributed by atoms with Gasteiger partial charge in [-0.25, -0.2) is 0 Å². The van der Waals surface area contributed by atoms with E-state index < -0.39 is 5.60 Å². The first-order valence-electron chi connectivity index (χ1n) is 5.73. The van der Waals surface area contributed by atoms with E-state index >= 15 is 0 Å². The Morgan fingerprint density at radius 1 is 1.50 bits per heavy atom. The van der Waals surface area contributed by atoms with Crippen LogP contribution in [0.2, 0.25) is 0 Å². The molecule has 5 nitrogen and oxygen atoms in total. The Bertz CT molecular complexity index is 369. The first-order valence-corrected chi connectivity index (χ1v) is 5.73. The second-order valence-electron chi connectivity index (χ2n) is 4.85. The highest BCUT2D eigenvalue weighted by atomic mass is 16.5. The second-order valence-corrected chi connectivity index (χ2v) is 4.85. The van der Waals surface area contributed by atoms with E-state index in [0.717, 1.165) is 12.8 Å². The minimum Gasteiger partial charge on any atom is -0.368 e. The number of hydrogen-bond donors (Lipinski definition) is 1. The first kappa shape index (κ1) is 11.5. The minimum absolute atomic E-state index is 0.0481. The summed E-state index contributed by atoms with van der Waals surface area (Å²) in [5, 5.41) is 3.99. The average molecular weight is 225 g/mol. The monoisotopic (exact) mass is 225 g/mol. The Balaban J connectivity index is 2.19. The topological polar surface area (TPSA) is 74.2 Å². The summed E-state index contributed by atoms with van der Waals surface area (Å²) in [5.74, 6) is 1.27. The van der Waals surface area contributed by atoms with E-state index in [1.54, 1.807) is 0 Å². The molecule has 1 fully saturated rings. The molecule has 0 aromatic carbocycles. The molecule has 0 atom stereocenters. The fraction of sp³-hybridized carbons (Fsp3) is 0.818. The van der Waals surface area contributed by atoms with E-state index in [4.69, 9.17) is 15.0 Å². The fourth-order valence-electron chi connectivity index (χ4n) is 1.77. The highest BCUT2D eigenvalue weighted by molar-refractivity contribution is 5.17. The second kappa shape index (κ2) is 3.82. The van der Waals surface area contributed by atoms with E-state index in [9.17, 15) is 0 Å². The molecule has 0 spiro atoms. The minimum atomic E-state index is -0.499. The van der Waals surface area contributed by atoms with E-state index in [1.807, 2.05) is 20.8 Å². The maximum Gasteiger partial charge on any atom is 0.234 e. The summed E-state index contributed by atoms with van der Waals surface area (Å²) in [6, 6.07) is 0. The number of hydrogen-bond acceptors (Lipinski definition) is 5. The lowest BCUT2D eigenvalue weighted by Crippen LogP contribution is -2.24. The van der Waals surface area contributed by atoms with Crippen LogP contribution in [-0.4, -0.2) is 23.3 Å². The van der Waals surface area contributed by atoms with Crippen LogP contribution in [0.1, 0.15) is 45.3 Å². The van der Waals surface area contributed by atoms with Crippen molar-refractivity contribution in [3.8, 4) is 0 Å². The van der Waals surface area contributed by atoms with Crippen LogP contribution in [0, 0.1) is 0 Å². The molecule has 1 heterocycles. The smallest absolute Gasteiger partial charge is 0.234 e. The third-order valence-corrected chi connectivity index (χ3v) is 3.17. The van der Waals surface area contributed by atoms with Crippen LogP contribution in [0.5, 0.6) is 0 Å². The van der Waals surface area contributed by atoms with Gasteiger partial charge in [-0.1, -0.05) is 5.16 Å². The molecule has 1 aliphatic carbocycles. The Labute approximate surface area is 95.3 Å². The third-order valence-electron chi connectivity index (χ3n) is 3.17. The van der Waals surface area contributed by atoms with Crippen LogP contribution < -0.4 is 5.73 Å². The summed E-state index contributed by atoms with van der Waals surface area (Å²) in [4.78, 5) is 4.42. The lowest BCUT2D eigenvalue weighted by Gasteiger charge is -2.19. The highest BCUT2D eigenvalue weighted by Crippen LogP contribution is 2.46. The van der Waals surface area contributed by atoms with Gasteiger partial charge in [0.25, 0.3) is 0 Å². The zero-order valence-electron chi connectivity index (χ0n) is 10.1.